The number of primary amides is 1. The fraction of sp³-hybridized carbons (Fsp3) is 0.111. The van der Waals surface area contributed by atoms with Crippen molar-refractivity contribution in [1.82, 2.24) is 0 Å². The molecule has 0 aliphatic heterocycles. The molecule has 0 aromatic heterocycles. The number of Topliss-reactive ketones (excluding diaryl/α,β-unsaturated/α-hetero) is 1. The van der Waals surface area contributed by atoms with Crippen LogP contribution < -0.4 is 5.73 Å². The van der Waals surface area contributed by atoms with Crippen LogP contribution in [0, 0.1) is 0 Å². The maximum atomic E-state index is 11.0. The minimum absolute atomic E-state index is 0.0472. The van der Waals surface area contributed by atoms with Crippen LogP contribution in [0.2, 0.25) is 1.41 Å². The molecule has 1 aromatic rings. The van der Waals surface area contributed by atoms with Gasteiger partial charge in [0.05, 0.1) is 0 Å². The molecular formula is C9H9NO2. The van der Waals surface area contributed by atoms with E-state index >= 15 is 0 Å². The molecule has 62 valence electrons. The first-order valence-corrected chi connectivity index (χ1v) is 3.53. The predicted octanol–water partition coefficient (Wildman–Crippen LogP) is 0.283. The van der Waals surface area contributed by atoms with E-state index in [-0.39, 0.29) is 6.42 Å². The standard InChI is InChI=1S/C9H9NO2/c10-9(12)8(11)6-7-4-2-1-3-5-7/h1-5H,6H2,(H2,10,12)/i/hD. The second kappa shape index (κ2) is 3.67. The van der Waals surface area contributed by atoms with E-state index in [1.165, 1.54) is 0 Å². The molecule has 1 aromatic carbocycles. The van der Waals surface area contributed by atoms with E-state index in [0.717, 1.165) is 5.56 Å². The lowest BCUT2D eigenvalue weighted by Gasteiger charge is -1.95. The van der Waals surface area contributed by atoms with Crippen LogP contribution in [0.25, 0.3) is 0 Å². The molecule has 3 heteroatoms. The Kier molecular flexibility index (Phi) is 2.15. The predicted molar refractivity (Wildman–Crippen MR) is 44.3 cm³/mol. The number of amides is 1. The largest absolute Gasteiger partial charge is 0.363 e. The lowest BCUT2D eigenvalue weighted by molar-refractivity contribution is -0.135. The summed E-state index contributed by atoms with van der Waals surface area (Å²) in [6.45, 7) is 0. The Morgan fingerprint density at radius 2 is 2.00 bits per heavy atom. The van der Waals surface area contributed by atoms with E-state index in [2.05, 4.69) is 0 Å². The van der Waals surface area contributed by atoms with Crippen molar-refractivity contribution >= 4 is 11.7 Å². The van der Waals surface area contributed by atoms with Gasteiger partial charge in [0.25, 0.3) is 5.91 Å². The molecule has 3 nitrogen and oxygen atoms in total. The first-order valence-electron chi connectivity index (χ1n) is 4.03. The summed E-state index contributed by atoms with van der Waals surface area (Å²) < 4.78 is 6.48. The van der Waals surface area contributed by atoms with E-state index < -0.39 is 11.7 Å². The molecule has 0 saturated heterocycles. The van der Waals surface area contributed by atoms with Crippen LogP contribution in [0.5, 0.6) is 0 Å². The van der Waals surface area contributed by atoms with Crippen LogP contribution in [0.1, 0.15) is 5.56 Å². The summed E-state index contributed by atoms with van der Waals surface area (Å²) in [6.07, 6.45) is 0.0472. The number of carbonyl (C=O) groups is 2. The summed E-state index contributed by atoms with van der Waals surface area (Å²) >= 11 is 0. The van der Waals surface area contributed by atoms with Crippen LogP contribution in [0.4, 0.5) is 0 Å². The zero-order chi connectivity index (χ0) is 9.68. The van der Waals surface area contributed by atoms with Gasteiger partial charge in [-0.25, -0.2) is 0 Å². The molecule has 0 aliphatic carbocycles. The Morgan fingerprint density at radius 3 is 2.58 bits per heavy atom. The number of carbonyl (C=O) groups excluding carboxylic acids is 2. The van der Waals surface area contributed by atoms with Gasteiger partial charge in [-0.15, -0.1) is 0 Å². The number of ketones is 1. The van der Waals surface area contributed by atoms with Crippen molar-refractivity contribution in [2.75, 3.05) is 0 Å². The molecule has 0 radical (unpaired) electrons. The van der Waals surface area contributed by atoms with E-state index in [1.54, 1.807) is 30.0 Å². The van der Waals surface area contributed by atoms with E-state index in [0.29, 0.717) is 0 Å². The SMILES string of the molecule is [2H]NC(=O)C(=O)Cc1ccccc1. The quantitative estimate of drug-likeness (QED) is 0.652. The Balaban J connectivity index is 2.60. The fourth-order valence-corrected chi connectivity index (χ4v) is 0.862. The summed E-state index contributed by atoms with van der Waals surface area (Å²) in [4.78, 5) is 21.7. The smallest absolute Gasteiger partial charge is 0.285 e. The van der Waals surface area contributed by atoms with Crippen LogP contribution in [-0.2, 0) is 16.0 Å². The second-order valence-electron chi connectivity index (χ2n) is 2.41. The highest BCUT2D eigenvalue weighted by molar-refractivity contribution is 6.35. The van der Waals surface area contributed by atoms with Crippen molar-refractivity contribution in [1.29, 1.82) is 0 Å². The average Bonchev–Trinajstić information content (AvgIpc) is 2.18. The summed E-state index contributed by atoms with van der Waals surface area (Å²) in [5, 5.41) is 0. The molecule has 0 fully saturated rings. The number of hydrogen-bond acceptors (Lipinski definition) is 2. The van der Waals surface area contributed by atoms with Crippen molar-refractivity contribution < 1.29 is 11.0 Å². The molecule has 0 saturated carbocycles. The van der Waals surface area contributed by atoms with Crippen LogP contribution in [0.3, 0.4) is 0 Å². The van der Waals surface area contributed by atoms with Gasteiger partial charge >= 0.3 is 0 Å². The van der Waals surface area contributed by atoms with Crippen molar-refractivity contribution in [2.24, 2.45) is 5.73 Å². The van der Waals surface area contributed by atoms with Crippen LogP contribution >= 0.6 is 0 Å². The van der Waals surface area contributed by atoms with Gasteiger partial charge in [-0.2, -0.15) is 0 Å². The summed E-state index contributed by atoms with van der Waals surface area (Å²) in [6, 6.07) is 8.94. The van der Waals surface area contributed by atoms with Gasteiger partial charge in [-0.3, -0.25) is 9.59 Å². The Morgan fingerprint density at radius 1 is 1.33 bits per heavy atom. The van der Waals surface area contributed by atoms with Gasteiger partial charge in [-0.05, 0) is 5.56 Å². The van der Waals surface area contributed by atoms with Crippen molar-refractivity contribution in [3.8, 4) is 0 Å². The molecule has 1 rings (SSSR count). The summed E-state index contributed by atoms with van der Waals surface area (Å²) in [5.41, 5.74) is 2.32. The molecule has 12 heavy (non-hydrogen) atoms. The highest BCUT2D eigenvalue weighted by Crippen LogP contribution is 1.99. The van der Waals surface area contributed by atoms with E-state index in [9.17, 15) is 9.59 Å². The van der Waals surface area contributed by atoms with E-state index in [4.69, 9.17) is 1.41 Å². The maximum Gasteiger partial charge on any atom is 0.285 e. The molecule has 0 aliphatic rings. The molecule has 0 heterocycles. The maximum absolute atomic E-state index is 11.0. The minimum atomic E-state index is -0.871. The molecule has 0 atom stereocenters. The van der Waals surface area contributed by atoms with Crippen molar-refractivity contribution in [3.63, 3.8) is 0 Å². The molecule has 0 unspecified atom stereocenters. The van der Waals surface area contributed by atoms with Gasteiger partial charge in [0.2, 0.25) is 5.78 Å². The van der Waals surface area contributed by atoms with Gasteiger partial charge in [0.15, 0.2) is 1.41 Å². The summed E-state index contributed by atoms with van der Waals surface area (Å²) in [5.74, 6) is -1.47. The molecule has 2 N–H and O–H groups in total. The highest BCUT2D eigenvalue weighted by Gasteiger charge is 2.08. The number of benzene rings is 1. The van der Waals surface area contributed by atoms with Crippen molar-refractivity contribution in [3.05, 3.63) is 35.9 Å². The van der Waals surface area contributed by atoms with Crippen LogP contribution in [0.15, 0.2) is 30.3 Å². The monoisotopic (exact) mass is 164 g/mol. The minimum Gasteiger partial charge on any atom is -0.363 e. The third-order valence-electron chi connectivity index (χ3n) is 1.46. The zero-order valence-electron chi connectivity index (χ0n) is 7.41. The molecule has 0 bridgehead atoms. The Bertz CT molecular complexity index is 311. The van der Waals surface area contributed by atoms with Gasteiger partial charge < -0.3 is 5.73 Å². The number of hydrogen-bond donors (Lipinski definition) is 1. The highest BCUT2D eigenvalue weighted by atomic mass is 16.2. The van der Waals surface area contributed by atoms with E-state index in [1.807, 2.05) is 6.07 Å². The second-order valence-corrected chi connectivity index (χ2v) is 2.41. The van der Waals surface area contributed by atoms with Crippen molar-refractivity contribution in [2.45, 2.75) is 6.42 Å². The Labute approximate surface area is 71.7 Å². The third-order valence-corrected chi connectivity index (χ3v) is 1.46. The zero-order valence-corrected chi connectivity index (χ0v) is 6.41. The normalized spacial score (nSPS) is 10.2. The average molecular weight is 164 g/mol. The lowest BCUT2D eigenvalue weighted by Crippen LogP contribution is -2.24. The lowest BCUT2D eigenvalue weighted by atomic mass is 10.1. The van der Waals surface area contributed by atoms with Gasteiger partial charge in [-0.1, -0.05) is 30.3 Å². The number of rotatable bonds is 3. The number of nitrogens with two attached hydrogens (primary N) is 1. The van der Waals surface area contributed by atoms with Gasteiger partial charge in [0.1, 0.15) is 0 Å². The third kappa shape index (κ3) is 2.20. The topological polar surface area (TPSA) is 60.2 Å². The molecular weight excluding hydrogens is 154 g/mol. The first kappa shape index (κ1) is 7.03. The Hall–Kier alpha value is -1.64. The molecule has 0 spiro atoms. The first-order chi connectivity index (χ1) is 6.24. The van der Waals surface area contributed by atoms with Gasteiger partial charge in [0, 0.05) is 6.42 Å². The van der Waals surface area contributed by atoms with Crippen LogP contribution in [-0.4, -0.2) is 11.7 Å². The molecule has 1 amide bonds. The summed E-state index contributed by atoms with van der Waals surface area (Å²) in [7, 11) is 0. The fourth-order valence-electron chi connectivity index (χ4n) is 0.862.